The Balaban J connectivity index is 2.56. The second-order valence-electron chi connectivity index (χ2n) is 3.87. The first-order valence-corrected chi connectivity index (χ1v) is 5.51. The highest BCUT2D eigenvalue weighted by Gasteiger charge is 2.09. The molecular weight excluding hydrogens is 230 g/mol. The summed E-state index contributed by atoms with van der Waals surface area (Å²) in [5, 5.41) is 0. The predicted octanol–water partition coefficient (Wildman–Crippen LogP) is 2.25. The van der Waals surface area contributed by atoms with Gasteiger partial charge in [-0.25, -0.2) is 0 Å². The van der Waals surface area contributed by atoms with Crippen LogP contribution < -0.4 is 10.3 Å². The summed E-state index contributed by atoms with van der Waals surface area (Å²) in [5.74, 6) is 0.423. The van der Waals surface area contributed by atoms with Crippen LogP contribution in [0.1, 0.15) is 17.3 Å². The Morgan fingerprint density at radius 2 is 1.89 bits per heavy atom. The number of para-hydroxylation sites is 1. The van der Waals surface area contributed by atoms with Gasteiger partial charge in [0.05, 0.1) is 18.4 Å². The molecule has 1 aromatic carbocycles. The van der Waals surface area contributed by atoms with Crippen molar-refractivity contribution in [2.24, 2.45) is 0 Å². The number of rotatable bonds is 3. The number of methoxy groups -OCH3 is 1. The molecule has 1 N–H and O–H groups in total. The number of carbonyl (C=O) groups is 1. The molecule has 4 nitrogen and oxygen atoms in total. The number of aromatic amines is 1. The normalized spacial score (nSPS) is 10.1. The van der Waals surface area contributed by atoms with Gasteiger partial charge in [0, 0.05) is 5.56 Å². The van der Waals surface area contributed by atoms with E-state index in [2.05, 4.69) is 4.98 Å². The quantitative estimate of drug-likeness (QED) is 0.841. The predicted molar refractivity (Wildman–Crippen MR) is 69.1 cm³/mol. The summed E-state index contributed by atoms with van der Waals surface area (Å²) in [6, 6.07) is 10.6. The zero-order chi connectivity index (χ0) is 13.1. The molecule has 92 valence electrons. The fraction of sp³-hybridized carbons (Fsp3) is 0.143. The molecule has 1 aromatic heterocycles. The van der Waals surface area contributed by atoms with Crippen LogP contribution in [0.5, 0.6) is 5.75 Å². The molecule has 0 atom stereocenters. The fourth-order valence-electron chi connectivity index (χ4n) is 1.78. The number of ketones is 1. The summed E-state index contributed by atoms with van der Waals surface area (Å²) in [6.07, 6.45) is 0. The van der Waals surface area contributed by atoms with Crippen molar-refractivity contribution in [3.63, 3.8) is 0 Å². The van der Waals surface area contributed by atoms with Crippen molar-refractivity contribution in [3.8, 4) is 17.0 Å². The minimum Gasteiger partial charge on any atom is -0.496 e. The smallest absolute Gasteiger partial charge is 0.259 e. The second kappa shape index (κ2) is 4.87. The monoisotopic (exact) mass is 243 g/mol. The summed E-state index contributed by atoms with van der Waals surface area (Å²) in [7, 11) is 1.57. The minimum atomic E-state index is -0.383. The highest BCUT2D eigenvalue weighted by Crippen LogP contribution is 2.27. The Labute approximate surface area is 104 Å². The number of carbonyl (C=O) groups excluding carboxylic acids is 1. The third-order valence-electron chi connectivity index (χ3n) is 2.69. The van der Waals surface area contributed by atoms with Crippen molar-refractivity contribution in [3.05, 3.63) is 52.3 Å². The molecule has 18 heavy (non-hydrogen) atoms. The molecule has 0 unspecified atom stereocenters. The van der Waals surface area contributed by atoms with Crippen LogP contribution in [0.25, 0.3) is 11.3 Å². The van der Waals surface area contributed by atoms with Crippen molar-refractivity contribution >= 4 is 5.78 Å². The van der Waals surface area contributed by atoms with Crippen molar-refractivity contribution < 1.29 is 9.53 Å². The molecule has 0 amide bonds. The molecule has 0 saturated heterocycles. The summed E-state index contributed by atoms with van der Waals surface area (Å²) in [6.45, 7) is 1.37. The van der Waals surface area contributed by atoms with Crippen molar-refractivity contribution in [1.29, 1.82) is 0 Å². The van der Waals surface area contributed by atoms with Crippen LogP contribution in [0.2, 0.25) is 0 Å². The number of hydrogen-bond acceptors (Lipinski definition) is 3. The third kappa shape index (κ3) is 2.18. The van der Waals surface area contributed by atoms with Gasteiger partial charge in [0.1, 0.15) is 5.75 Å². The van der Waals surface area contributed by atoms with Gasteiger partial charge >= 0.3 is 0 Å². The van der Waals surface area contributed by atoms with E-state index in [1.165, 1.54) is 13.0 Å². The van der Waals surface area contributed by atoms with Crippen LogP contribution in [0, 0.1) is 0 Å². The lowest BCUT2D eigenvalue weighted by molar-refractivity contribution is 0.101. The van der Waals surface area contributed by atoms with E-state index in [-0.39, 0.29) is 16.9 Å². The van der Waals surface area contributed by atoms with E-state index in [1.54, 1.807) is 13.2 Å². The molecule has 0 spiro atoms. The lowest BCUT2D eigenvalue weighted by atomic mass is 10.1. The molecule has 0 aliphatic carbocycles. The average Bonchev–Trinajstić information content (AvgIpc) is 2.38. The average molecular weight is 243 g/mol. The molecule has 0 bridgehead atoms. The first kappa shape index (κ1) is 12.1. The molecule has 2 aromatic rings. The van der Waals surface area contributed by atoms with Gasteiger partial charge in [0.2, 0.25) is 0 Å². The van der Waals surface area contributed by atoms with E-state index in [0.717, 1.165) is 5.56 Å². The first-order chi connectivity index (χ1) is 8.63. The van der Waals surface area contributed by atoms with Crippen molar-refractivity contribution in [2.75, 3.05) is 7.11 Å². The molecular formula is C14H13NO3. The van der Waals surface area contributed by atoms with Crippen LogP contribution in [0.3, 0.4) is 0 Å². The second-order valence-corrected chi connectivity index (χ2v) is 3.87. The zero-order valence-electron chi connectivity index (χ0n) is 10.2. The first-order valence-electron chi connectivity index (χ1n) is 5.51. The van der Waals surface area contributed by atoms with Gasteiger partial charge in [0.15, 0.2) is 5.78 Å². The number of hydrogen-bond donors (Lipinski definition) is 1. The number of ether oxygens (including phenoxy) is 1. The van der Waals surface area contributed by atoms with Crippen LogP contribution in [0.4, 0.5) is 0 Å². The maximum Gasteiger partial charge on any atom is 0.259 e. The number of benzene rings is 1. The van der Waals surface area contributed by atoms with Crippen LogP contribution in [-0.2, 0) is 0 Å². The molecule has 1 heterocycles. The number of pyridine rings is 1. The zero-order valence-corrected chi connectivity index (χ0v) is 10.2. The summed E-state index contributed by atoms with van der Waals surface area (Å²) >= 11 is 0. The van der Waals surface area contributed by atoms with E-state index in [1.807, 2.05) is 24.3 Å². The lowest BCUT2D eigenvalue weighted by Crippen LogP contribution is -2.16. The lowest BCUT2D eigenvalue weighted by Gasteiger charge is -2.08. The Kier molecular flexibility index (Phi) is 3.28. The van der Waals surface area contributed by atoms with E-state index < -0.39 is 0 Å². The Morgan fingerprint density at radius 3 is 2.50 bits per heavy atom. The van der Waals surface area contributed by atoms with E-state index in [9.17, 15) is 9.59 Å². The van der Waals surface area contributed by atoms with Gasteiger partial charge in [-0.05, 0) is 31.2 Å². The summed E-state index contributed by atoms with van der Waals surface area (Å²) in [4.78, 5) is 25.6. The number of Topliss-reactive ketones (excluding diaryl/α,β-unsaturated/α-hetero) is 1. The fourth-order valence-corrected chi connectivity index (χ4v) is 1.78. The van der Waals surface area contributed by atoms with Gasteiger partial charge in [0.25, 0.3) is 5.56 Å². The maximum atomic E-state index is 11.7. The molecule has 0 saturated carbocycles. The molecule has 0 fully saturated rings. The molecule has 0 radical (unpaired) electrons. The largest absolute Gasteiger partial charge is 0.496 e. The number of nitrogens with one attached hydrogen (secondary N) is 1. The van der Waals surface area contributed by atoms with E-state index in [0.29, 0.717) is 11.4 Å². The summed E-state index contributed by atoms with van der Waals surface area (Å²) in [5.41, 5.74) is 1.19. The standard InChI is InChI=1S/C14H13NO3/c1-9(16)10-7-8-12(15-14(10)17)11-5-3-4-6-13(11)18-2/h3-8H,1-2H3,(H,15,17). The van der Waals surface area contributed by atoms with E-state index >= 15 is 0 Å². The Bertz CT molecular complexity index is 643. The van der Waals surface area contributed by atoms with Gasteiger partial charge < -0.3 is 9.72 Å². The van der Waals surface area contributed by atoms with E-state index in [4.69, 9.17) is 4.74 Å². The maximum absolute atomic E-state index is 11.7. The SMILES string of the molecule is COc1ccccc1-c1ccc(C(C)=O)c(=O)[nH]1. The summed E-state index contributed by atoms with van der Waals surface area (Å²) < 4.78 is 5.23. The Morgan fingerprint density at radius 1 is 1.17 bits per heavy atom. The van der Waals surface area contributed by atoms with Gasteiger partial charge in [-0.1, -0.05) is 12.1 Å². The minimum absolute atomic E-state index is 0.161. The van der Waals surface area contributed by atoms with Crippen LogP contribution in [-0.4, -0.2) is 17.9 Å². The number of H-pyrrole nitrogens is 1. The van der Waals surface area contributed by atoms with Gasteiger partial charge in [-0.15, -0.1) is 0 Å². The number of aromatic nitrogens is 1. The molecule has 4 heteroatoms. The molecule has 0 aliphatic heterocycles. The topological polar surface area (TPSA) is 59.2 Å². The molecule has 0 aliphatic rings. The van der Waals surface area contributed by atoms with Crippen LogP contribution >= 0.6 is 0 Å². The van der Waals surface area contributed by atoms with Crippen LogP contribution in [0.15, 0.2) is 41.2 Å². The van der Waals surface area contributed by atoms with Gasteiger partial charge in [-0.2, -0.15) is 0 Å². The Hall–Kier alpha value is -2.36. The van der Waals surface area contributed by atoms with Gasteiger partial charge in [-0.3, -0.25) is 9.59 Å². The highest BCUT2D eigenvalue weighted by atomic mass is 16.5. The van der Waals surface area contributed by atoms with Crippen molar-refractivity contribution in [1.82, 2.24) is 4.98 Å². The highest BCUT2D eigenvalue weighted by molar-refractivity contribution is 5.93. The third-order valence-corrected chi connectivity index (χ3v) is 2.69. The van der Waals surface area contributed by atoms with Crippen molar-refractivity contribution in [2.45, 2.75) is 6.92 Å². The molecule has 2 rings (SSSR count).